The van der Waals surface area contributed by atoms with Gasteiger partial charge in [0.15, 0.2) is 0 Å². The van der Waals surface area contributed by atoms with Crippen LogP contribution in [0.1, 0.15) is 11.1 Å². The average molecular weight is 345 g/mol. The van der Waals surface area contributed by atoms with Gasteiger partial charge in [-0.15, -0.1) is 0 Å². The van der Waals surface area contributed by atoms with Gasteiger partial charge in [-0.3, -0.25) is 4.79 Å². The first-order chi connectivity index (χ1) is 11.5. The van der Waals surface area contributed by atoms with Crippen LogP contribution in [0.2, 0.25) is 5.02 Å². The number of aliphatic hydroxyl groups excluding tert-OH is 1. The zero-order chi connectivity index (χ0) is 17.3. The van der Waals surface area contributed by atoms with Gasteiger partial charge in [-0.1, -0.05) is 17.7 Å². The van der Waals surface area contributed by atoms with Crippen molar-refractivity contribution in [2.24, 2.45) is 0 Å². The highest BCUT2D eigenvalue weighted by molar-refractivity contribution is 6.35. The van der Waals surface area contributed by atoms with E-state index < -0.39 is 0 Å². The third-order valence-electron chi connectivity index (χ3n) is 3.76. The van der Waals surface area contributed by atoms with Gasteiger partial charge in [0.05, 0.1) is 22.5 Å². The number of benzene rings is 2. The molecule has 0 radical (unpaired) electrons. The molecule has 3 aromatic rings. The number of rotatable bonds is 4. The maximum absolute atomic E-state index is 12.3. The second-order valence-corrected chi connectivity index (χ2v) is 5.97. The molecular formula is C18H17ClN2O3. The number of ether oxygens (including phenoxy) is 1. The van der Waals surface area contributed by atoms with Crippen molar-refractivity contribution in [3.05, 3.63) is 56.8 Å². The summed E-state index contributed by atoms with van der Waals surface area (Å²) in [6.07, 6.45) is 0. The molecule has 1 heterocycles. The normalized spacial score (nSPS) is 11.0. The van der Waals surface area contributed by atoms with E-state index >= 15 is 0 Å². The lowest BCUT2D eigenvalue weighted by Crippen LogP contribution is -2.10. The van der Waals surface area contributed by atoms with E-state index in [0.717, 1.165) is 22.4 Å². The fraction of sp³-hybridized carbons (Fsp3) is 0.222. The first-order valence-electron chi connectivity index (χ1n) is 7.55. The summed E-state index contributed by atoms with van der Waals surface area (Å²) >= 11 is 6.17. The summed E-state index contributed by atoms with van der Waals surface area (Å²) in [6, 6.07) is 8.91. The van der Waals surface area contributed by atoms with Crippen molar-refractivity contribution in [1.82, 2.24) is 9.97 Å². The molecule has 0 aliphatic rings. The third-order valence-corrected chi connectivity index (χ3v) is 4.06. The standard InChI is InChI=1S/C18H17ClN2O3/c1-10-8-12(9-11(2)16(10)24-7-6-22)17-20-15-13(18(23)21-17)4-3-5-14(15)19/h3-5,8-9,22H,6-7H2,1-2H3,(H,20,21,23). The SMILES string of the molecule is Cc1cc(-c2nc3c(Cl)cccc3c(=O)[nH]2)cc(C)c1OCCO. The predicted octanol–water partition coefficient (Wildman–Crippen LogP) is 3.23. The van der Waals surface area contributed by atoms with Gasteiger partial charge in [0.2, 0.25) is 0 Å². The molecule has 24 heavy (non-hydrogen) atoms. The Balaban J connectivity index is 2.14. The maximum Gasteiger partial charge on any atom is 0.259 e. The minimum Gasteiger partial charge on any atom is -0.491 e. The number of H-pyrrole nitrogens is 1. The van der Waals surface area contributed by atoms with Crippen LogP contribution in [0, 0.1) is 13.8 Å². The summed E-state index contributed by atoms with van der Waals surface area (Å²) in [5, 5.41) is 9.81. The molecule has 2 N–H and O–H groups in total. The third kappa shape index (κ3) is 3.00. The van der Waals surface area contributed by atoms with E-state index in [1.807, 2.05) is 26.0 Å². The number of halogens is 1. The lowest BCUT2D eigenvalue weighted by Gasteiger charge is -2.13. The summed E-state index contributed by atoms with van der Waals surface area (Å²) in [4.78, 5) is 19.6. The van der Waals surface area contributed by atoms with Crippen LogP contribution >= 0.6 is 11.6 Å². The molecule has 0 saturated carbocycles. The number of aliphatic hydroxyl groups is 1. The molecule has 5 nitrogen and oxygen atoms in total. The van der Waals surface area contributed by atoms with Crippen molar-refractivity contribution in [1.29, 1.82) is 0 Å². The van der Waals surface area contributed by atoms with Crippen LogP contribution < -0.4 is 10.3 Å². The summed E-state index contributed by atoms with van der Waals surface area (Å²) in [7, 11) is 0. The summed E-state index contributed by atoms with van der Waals surface area (Å²) in [5.41, 5.74) is 2.84. The molecule has 0 atom stereocenters. The first kappa shape index (κ1) is 16.5. The van der Waals surface area contributed by atoms with Crippen molar-refractivity contribution >= 4 is 22.5 Å². The zero-order valence-electron chi connectivity index (χ0n) is 13.4. The van der Waals surface area contributed by atoms with E-state index in [9.17, 15) is 4.79 Å². The number of hydrogen-bond donors (Lipinski definition) is 2. The lowest BCUT2D eigenvalue weighted by molar-refractivity contribution is 0.200. The Hall–Kier alpha value is -2.37. The molecule has 0 aliphatic carbocycles. The van der Waals surface area contributed by atoms with Crippen molar-refractivity contribution in [3.8, 4) is 17.1 Å². The number of nitrogens with one attached hydrogen (secondary N) is 1. The van der Waals surface area contributed by atoms with Crippen LogP contribution in [0.4, 0.5) is 0 Å². The van der Waals surface area contributed by atoms with Gasteiger partial charge in [0.1, 0.15) is 18.2 Å². The molecule has 0 saturated heterocycles. The van der Waals surface area contributed by atoms with Gasteiger partial charge >= 0.3 is 0 Å². The summed E-state index contributed by atoms with van der Waals surface area (Å²) in [6.45, 7) is 4.02. The highest BCUT2D eigenvalue weighted by atomic mass is 35.5. The van der Waals surface area contributed by atoms with E-state index in [1.54, 1.807) is 18.2 Å². The van der Waals surface area contributed by atoms with Gasteiger partial charge in [-0.25, -0.2) is 4.98 Å². The quantitative estimate of drug-likeness (QED) is 0.762. The fourth-order valence-corrected chi connectivity index (χ4v) is 2.94. The molecule has 0 spiro atoms. The smallest absolute Gasteiger partial charge is 0.259 e. The highest BCUT2D eigenvalue weighted by Crippen LogP contribution is 2.29. The van der Waals surface area contributed by atoms with Crippen molar-refractivity contribution in [3.63, 3.8) is 0 Å². The molecule has 1 aromatic heterocycles. The van der Waals surface area contributed by atoms with Crippen LogP contribution in [0.15, 0.2) is 35.1 Å². The van der Waals surface area contributed by atoms with Gasteiger partial charge in [0.25, 0.3) is 5.56 Å². The highest BCUT2D eigenvalue weighted by Gasteiger charge is 2.12. The van der Waals surface area contributed by atoms with E-state index in [0.29, 0.717) is 21.7 Å². The van der Waals surface area contributed by atoms with E-state index in [1.165, 1.54) is 0 Å². The number of aromatic amines is 1. The summed E-state index contributed by atoms with van der Waals surface area (Å²) in [5.74, 6) is 1.19. The Bertz CT molecular complexity index is 943. The number of fused-ring (bicyclic) bond motifs is 1. The second-order valence-electron chi connectivity index (χ2n) is 5.56. The first-order valence-corrected chi connectivity index (χ1v) is 7.93. The van der Waals surface area contributed by atoms with Gasteiger partial charge in [-0.2, -0.15) is 0 Å². The minimum atomic E-state index is -0.228. The van der Waals surface area contributed by atoms with E-state index in [2.05, 4.69) is 9.97 Å². The van der Waals surface area contributed by atoms with Gasteiger partial charge in [-0.05, 0) is 49.2 Å². The van der Waals surface area contributed by atoms with Crippen LogP contribution in [0.3, 0.4) is 0 Å². The molecule has 6 heteroatoms. The van der Waals surface area contributed by atoms with Crippen LogP contribution in [0.25, 0.3) is 22.3 Å². The molecule has 0 bridgehead atoms. The molecule has 0 unspecified atom stereocenters. The Morgan fingerprint density at radius 3 is 2.62 bits per heavy atom. The molecule has 0 aliphatic heterocycles. The van der Waals surface area contributed by atoms with E-state index in [4.69, 9.17) is 21.4 Å². The average Bonchev–Trinajstić information content (AvgIpc) is 2.55. The van der Waals surface area contributed by atoms with Gasteiger partial charge < -0.3 is 14.8 Å². The van der Waals surface area contributed by atoms with Crippen LogP contribution in [0.5, 0.6) is 5.75 Å². The number of nitrogens with zero attached hydrogens (tertiary/aromatic N) is 1. The topological polar surface area (TPSA) is 75.2 Å². The predicted molar refractivity (Wildman–Crippen MR) is 94.9 cm³/mol. The molecule has 0 amide bonds. The molecule has 2 aromatic carbocycles. The number of aromatic nitrogens is 2. The Kier molecular flexibility index (Phi) is 4.55. The Morgan fingerprint density at radius 1 is 1.25 bits per heavy atom. The van der Waals surface area contributed by atoms with Gasteiger partial charge in [0, 0.05) is 5.56 Å². The number of hydrogen-bond acceptors (Lipinski definition) is 4. The molecular weight excluding hydrogens is 328 g/mol. The Morgan fingerprint density at radius 2 is 1.96 bits per heavy atom. The second kappa shape index (κ2) is 6.63. The van der Waals surface area contributed by atoms with Crippen LogP contribution in [-0.2, 0) is 0 Å². The monoisotopic (exact) mass is 344 g/mol. The lowest BCUT2D eigenvalue weighted by atomic mass is 10.0. The van der Waals surface area contributed by atoms with Crippen molar-refractivity contribution in [2.45, 2.75) is 13.8 Å². The number of aryl methyl sites for hydroxylation is 2. The maximum atomic E-state index is 12.3. The largest absolute Gasteiger partial charge is 0.491 e. The van der Waals surface area contributed by atoms with Crippen LogP contribution in [-0.4, -0.2) is 28.3 Å². The fourth-order valence-electron chi connectivity index (χ4n) is 2.73. The Labute approximate surface area is 143 Å². The zero-order valence-corrected chi connectivity index (χ0v) is 14.1. The molecule has 0 fully saturated rings. The number of para-hydroxylation sites is 1. The van der Waals surface area contributed by atoms with Crippen molar-refractivity contribution in [2.75, 3.05) is 13.2 Å². The van der Waals surface area contributed by atoms with Crippen molar-refractivity contribution < 1.29 is 9.84 Å². The summed E-state index contributed by atoms with van der Waals surface area (Å²) < 4.78 is 5.56. The van der Waals surface area contributed by atoms with E-state index in [-0.39, 0.29) is 18.8 Å². The molecule has 124 valence electrons. The minimum absolute atomic E-state index is 0.0430. The molecule has 3 rings (SSSR count).